The summed E-state index contributed by atoms with van der Waals surface area (Å²) in [6, 6.07) is 4.54. The maximum atomic E-state index is 13.7. The number of hydrogen-bond donors (Lipinski definition) is 2. The third kappa shape index (κ3) is 3.02. The van der Waals surface area contributed by atoms with E-state index in [0.717, 1.165) is 31.5 Å². The molecule has 4 nitrogen and oxygen atoms in total. The van der Waals surface area contributed by atoms with Crippen LogP contribution in [0.15, 0.2) is 23.1 Å². The van der Waals surface area contributed by atoms with Gasteiger partial charge in [0.2, 0.25) is 0 Å². The first kappa shape index (κ1) is 15.4. The fourth-order valence-electron chi connectivity index (χ4n) is 2.55. The van der Waals surface area contributed by atoms with Crippen molar-refractivity contribution < 1.29 is 12.8 Å². The van der Waals surface area contributed by atoms with Crippen LogP contribution in [-0.2, 0) is 15.3 Å². The number of rotatable bonds is 3. The van der Waals surface area contributed by atoms with Crippen LogP contribution >= 0.6 is 0 Å². The molecule has 0 amide bonds. The first-order valence-electron chi connectivity index (χ1n) is 6.67. The van der Waals surface area contributed by atoms with Gasteiger partial charge < -0.3 is 10.6 Å². The van der Waals surface area contributed by atoms with Crippen LogP contribution in [0.3, 0.4) is 0 Å². The molecule has 0 spiro atoms. The Kier molecular flexibility index (Phi) is 4.18. The van der Waals surface area contributed by atoms with E-state index in [9.17, 15) is 12.8 Å². The molecule has 2 N–H and O–H groups in total. The summed E-state index contributed by atoms with van der Waals surface area (Å²) in [5.74, 6) is -0.693. The molecule has 0 radical (unpaired) electrons. The number of piperazine rings is 1. The highest BCUT2D eigenvalue weighted by atomic mass is 32.2. The predicted octanol–water partition coefficient (Wildman–Crippen LogP) is 1.07. The van der Waals surface area contributed by atoms with Crippen LogP contribution in [0.25, 0.3) is 0 Å². The molecule has 6 heteroatoms. The number of sulfone groups is 1. The van der Waals surface area contributed by atoms with E-state index in [1.807, 2.05) is 13.8 Å². The fraction of sp³-hybridized carbons (Fsp3) is 0.571. The van der Waals surface area contributed by atoms with Crippen molar-refractivity contribution in [3.8, 4) is 0 Å². The standard InChI is InChI=1S/C14H21FN2O2S/c1-14(2,13-9-16-6-7-17-13)10-4-5-11(15)12(8-10)20(3,18)19/h4-5,8,13,16-17H,6-7,9H2,1-3H3. The molecule has 0 bridgehead atoms. The first-order valence-corrected chi connectivity index (χ1v) is 8.56. The largest absolute Gasteiger partial charge is 0.314 e. The van der Waals surface area contributed by atoms with Gasteiger partial charge in [-0.25, -0.2) is 12.8 Å². The van der Waals surface area contributed by atoms with Gasteiger partial charge in [0.1, 0.15) is 10.7 Å². The van der Waals surface area contributed by atoms with Crippen LogP contribution in [0, 0.1) is 5.82 Å². The van der Waals surface area contributed by atoms with E-state index in [-0.39, 0.29) is 16.4 Å². The quantitative estimate of drug-likeness (QED) is 0.877. The predicted molar refractivity (Wildman–Crippen MR) is 77.2 cm³/mol. The zero-order chi connectivity index (χ0) is 15.0. The number of benzene rings is 1. The molecule has 2 rings (SSSR count). The van der Waals surface area contributed by atoms with Gasteiger partial charge in [-0.3, -0.25) is 0 Å². The maximum Gasteiger partial charge on any atom is 0.178 e. The zero-order valence-corrected chi connectivity index (χ0v) is 12.8. The summed E-state index contributed by atoms with van der Waals surface area (Å²) in [5.41, 5.74) is 0.529. The van der Waals surface area contributed by atoms with Gasteiger partial charge in [0.05, 0.1) is 0 Å². The molecule has 0 aromatic heterocycles. The van der Waals surface area contributed by atoms with E-state index < -0.39 is 15.7 Å². The molecule has 1 aromatic rings. The summed E-state index contributed by atoms with van der Waals surface area (Å²) < 4.78 is 37.0. The molecule has 20 heavy (non-hydrogen) atoms. The summed E-state index contributed by atoms with van der Waals surface area (Å²) in [4.78, 5) is -0.230. The summed E-state index contributed by atoms with van der Waals surface area (Å²) in [6.45, 7) is 6.67. The monoisotopic (exact) mass is 300 g/mol. The second kappa shape index (κ2) is 5.42. The maximum absolute atomic E-state index is 13.7. The van der Waals surface area contributed by atoms with Crippen LogP contribution in [0.1, 0.15) is 19.4 Å². The topological polar surface area (TPSA) is 58.2 Å². The number of nitrogens with one attached hydrogen (secondary N) is 2. The molecule has 1 saturated heterocycles. The van der Waals surface area contributed by atoms with Crippen LogP contribution in [-0.4, -0.2) is 40.3 Å². The van der Waals surface area contributed by atoms with Crippen LogP contribution in [0.4, 0.5) is 4.39 Å². The third-order valence-corrected chi connectivity index (χ3v) is 5.10. The molecule has 1 atom stereocenters. The minimum Gasteiger partial charge on any atom is -0.314 e. The highest BCUT2D eigenvalue weighted by Crippen LogP contribution is 2.30. The lowest BCUT2D eigenvalue weighted by molar-refractivity contribution is 0.297. The van der Waals surface area contributed by atoms with Crippen molar-refractivity contribution in [2.45, 2.75) is 30.2 Å². The molecule has 1 aliphatic rings. The Morgan fingerprint density at radius 3 is 2.55 bits per heavy atom. The molecule has 1 unspecified atom stereocenters. The van der Waals surface area contributed by atoms with Crippen LogP contribution in [0.2, 0.25) is 0 Å². The van der Waals surface area contributed by atoms with E-state index in [0.29, 0.717) is 0 Å². The first-order chi connectivity index (χ1) is 9.23. The van der Waals surface area contributed by atoms with Crippen molar-refractivity contribution in [1.29, 1.82) is 0 Å². The van der Waals surface area contributed by atoms with Crippen molar-refractivity contribution in [3.63, 3.8) is 0 Å². The molecular weight excluding hydrogens is 279 g/mol. The zero-order valence-electron chi connectivity index (χ0n) is 12.0. The summed E-state index contributed by atoms with van der Waals surface area (Å²) >= 11 is 0. The Balaban J connectivity index is 2.41. The minimum absolute atomic E-state index is 0.175. The van der Waals surface area contributed by atoms with Gasteiger partial charge >= 0.3 is 0 Å². The van der Waals surface area contributed by atoms with Gasteiger partial charge in [0.15, 0.2) is 9.84 Å². The Hall–Kier alpha value is -0.980. The summed E-state index contributed by atoms with van der Waals surface area (Å²) in [6.07, 6.45) is 1.03. The second-order valence-corrected chi connectivity index (χ2v) is 7.83. The molecule has 1 fully saturated rings. The van der Waals surface area contributed by atoms with E-state index >= 15 is 0 Å². The molecule has 1 aliphatic heterocycles. The average molecular weight is 300 g/mol. The number of halogens is 1. The van der Waals surface area contributed by atoms with E-state index in [1.165, 1.54) is 12.1 Å². The lowest BCUT2D eigenvalue weighted by Gasteiger charge is -2.38. The van der Waals surface area contributed by atoms with Gasteiger partial charge in [-0.05, 0) is 17.7 Å². The Bertz CT molecular complexity index is 593. The van der Waals surface area contributed by atoms with Crippen LogP contribution in [0.5, 0.6) is 0 Å². The third-order valence-electron chi connectivity index (χ3n) is 3.99. The normalized spacial score (nSPS) is 20.9. The van der Waals surface area contributed by atoms with E-state index in [4.69, 9.17) is 0 Å². The Morgan fingerprint density at radius 2 is 2.00 bits per heavy atom. The Labute approximate surface area is 119 Å². The molecule has 1 aromatic carbocycles. The van der Waals surface area contributed by atoms with Gasteiger partial charge in [-0.2, -0.15) is 0 Å². The molecule has 1 heterocycles. The lowest BCUT2D eigenvalue weighted by Crippen LogP contribution is -2.56. The van der Waals surface area contributed by atoms with Crippen molar-refractivity contribution in [3.05, 3.63) is 29.6 Å². The molecule has 0 aliphatic carbocycles. The van der Waals surface area contributed by atoms with E-state index in [2.05, 4.69) is 10.6 Å². The smallest absolute Gasteiger partial charge is 0.178 e. The highest BCUT2D eigenvalue weighted by Gasteiger charge is 2.33. The van der Waals surface area contributed by atoms with Crippen molar-refractivity contribution >= 4 is 9.84 Å². The molecule has 0 saturated carbocycles. The van der Waals surface area contributed by atoms with E-state index in [1.54, 1.807) is 6.07 Å². The highest BCUT2D eigenvalue weighted by molar-refractivity contribution is 7.90. The lowest BCUT2D eigenvalue weighted by atomic mass is 9.77. The van der Waals surface area contributed by atoms with Crippen molar-refractivity contribution in [2.75, 3.05) is 25.9 Å². The van der Waals surface area contributed by atoms with Gasteiger partial charge in [-0.15, -0.1) is 0 Å². The minimum atomic E-state index is -3.56. The number of hydrogen-bond acceptors (Lipinski definition) is 4. The van der Waals surface area contributed by atoms with Gasteiger partial charge in [0.25, 0.3) is 0 Å². The second-order valence-electron chi connectivity index (χ2n) is 5.85. The molecule has 112 valence electrons. The fourth-order valence-corrected chi connectivity index (χ4v) is 3.32. The van der Waals surface area contributed by atoms with Gasteiger partial charge in [0, 0.05) is 37.3 Å². The Morgan fingerprint density at radius 1 is 1.30 bits per heavy atom. The summed E-state index contributed by atoms with van der Waals surface area (Å²) in [7, 11) is -3.56. The van der Waals surface area contributed by atoms with Crippen molar-refractivity contribution in [2.24, 2.45) is 0 Å². The van der Waals surface area contributed by atoms with Gasteiger partial charge in [-0.1, -0.05) is 19.9 Å². The van der Waals surface area contributed by atoms with Crippen LogP contribution < -0.4 is 10.6 Å². The summed E-state index contributed by atoms with van der Waals surface area (Å²) in [5, 5.41) is 6.74. The van der Waals surface area contributed by atoms with Crippen molar-refractivity contribution in [1.82, 2.24) is 10.6 Å². The molecular formula is C14H21FN2O2S. The SMILES string of the molecule is CC(C)(c1ccc(F)c(S(C)(=O)=O)c1)C1CNCCN1. The average Bonchev–Trinajstić information content (AvgIpc) is 2.38.